The molecule has 26 heteroatoms. The van der Waals surface area contributed by atoms with Crippen LogP contribution in [-0.4, -0.2) is 189 Å². The number of ketones is 2. The van der Waals surface area contributed by atoms with Crippen LogP contribution in [0, 0.1) is 67.0 Å². The summed E-state index contributed by atoms with van der Waals surface area (Å²) in [4.78, 5) is 194. The van der Waals surface area contributed by atoms with E-state index >= 15 is 0 Å². The molecule has 0 spiro atoms. The fourth-order valence-electron chi connectivity index (χ4n) is 16.4. The molecule has 4 aliphatic carbocycles. The van der Waals surface area contributed by atoms with Gasteiger partial charge in [0.2, 0.25) is 58.8 Å². The molecule has 0 radical (unpaired) electrons. The van der Waals surface area contributed by atoms with Crippen LogP contribution in [0.15, 0.2) is 12.7 Å². The van der Waals surface area contributed by atoms with Gasteiger partial charge >= 0.3 is 12.1 Å². The molecule has 12 atom stereocenters. The van der Waals surface area contributed by atoms with Gasteiger partial charge in [-0.15, -0.1) is 6.58 Å². The van der Waals surface area contributed by atoms with Crippen LogP contribution < -0.4 is 42.5 Å². The van der Waals surface area contributed by atoms with Crippen LogP contribution in [0.5, 0.6) is 0 Å². The normalized spacial score (nSPS) is 26.0. The van der Waals surface area contributed by atoms with Crippen molar-refractivity contribution in [1.82, 2.24) is 62.1 Å². The van der Waals surface area contributed by atoms with Gasteiger partial charge in [0, 0.05) is 64.4 Å². The number of Topliss-reactive ketones (excluding diaryl/α,β-unsaturated/α-hetero) is 2. The second-order valence-corrected chi connectivity index (χ2v) is 37.3. The Bertz CT molecular complexity index is 3270. The first-order chi connectivity index (χ1) is 47.5. The predicted molar refractivity (Wildman–Crippen MR) is 388 cm³/mol. The molecule has 8 N–H and O–H groups in total. The number of hydrogen-bond acceptors (Lipinski definition) is 14. The molecule has 26 nitrogen and oxygen atoms in total. The highest BCUT2D eigenvalue weighted by atomic mass is 16.2. The van der Waals surface area contributed by atoms with Crippen LogP contribution in [-0.2, 0) is 57.5 Å². The number of imide groups is 2. The van der Waals surface area contributed by atoms with E-state index in [1.807, 2.05) is 111 Å². The third-order valence-corrected chi connectivity index (χ3v) is 23.5. The first-order valence-corrected chi connectivity index (χ1v) is 37.8. The number of hydrogen-bond donors (Lipinski definition) is 8. The zero-order valence-corrected chi connectivity index (χ0v) is 65.4. The first-order valence-electron chi connectivity index (χ1n) is 37.8. The third kappa shape index (κ3) is 19.6. The molecule has 8 aliphatic rings. The van der Waals surface area contributed by atoms with Gasteiger partial charge < -0.3 is 52.3 Å². The zero-order valence-electron chi connectivity index (χ0n) is 65.4. The Morgan fingerprint density at radius 2 is 0.903 bits per heavy atom. The Kier molecular flexibility index (Phi) is 25.3. The lowest BCUT2D eigenvalue weighted by atomic mass is 9.70. The van der Waals surface area contributed by atoms with E-state index in [-0.39, 0.29) is 128 Å². The minimum atomic E-state index is -1.05. The van der Waals surface area contributed by atoms with Gasteiger partial charge in [0.15, 0.2) is 0 Å². The molecule has 4 saturated heterocycles. The van der Waals surface area contributed by atoms with Crippen molar-refractivity contribution < 1.29 is 67.1 Å². The van der Waals surface area contributed by atoms with Crippen molar-refractivity contribution in [3.05, 3.63) is 12.7 Å². The summed E-state index contributed by atoms with van der Waals surface area (Å²) in [5.41, 5.74) is -3.71. The molecular formula is C77H124N12O14. The number of nitrogens with zero attached hydrogens (tertiary/aromatic N) is 4. The molecule has 8 rings (SSSR count). The smallest absolute Gasteiger partial charge is 0.315 e. The van der Waals surface area contributed by atoms with Gasteiger partial charge in [-0.2, -0.15) is 0 Å². The molecule has 4 heterocycles. The Hall–Kier alpha value is -7.28. The van der Waals surface area contributed by atoms with Crippen LogP contribution in [0.1, 0.15) is 235 Å². The van der Waals surface area contributed by atoms with E-state index < -0.39 is 134 Å². The Balaban J connectivity index is 0.000000289. The molecule has 103 heavy (non-hydrogen) atoms. The molecule has 4 saturated carbocycles. The van der Waals surface area contributed by atoms with Gasteiger partial charge in [0.25, 0.3) is 11.8 Å². The first kappa shape index (κ1) is 83.0. The topological polar surface area (TPSA) is 348 Å². The van der Waals surface area contributed by atoms with Crippen LogP contribution >= 0.6 is 0 Å². The lowest BCUT2D eigenvalue weighted by Gasteiger charge is -2.44. The van der Waals surface area contributed by atoms with Gasteiger partial charge in [-0.3, -0.25) is 67.3 Å². The third-order valence-electron chi connectivity index (χ3n) is 23.5. The van der Waals surface area contributed by atoms with E-state index in [2.05, 4.69) is 76.8 Å². The van der Waals surface area contributed by atoms with Crippen molar-refractivity contribution in [3.63, 3.8) is 0 Å². The maximum Gasteiger partial charge on any atom is 0.315 e. The molecule has 4 aliphatic heterocycles. The monoisotopic (exact) mass is 1440 g/mol. The van der Waals surface area contributed by atoms with Crippen molar-refractivity contribution in [2.45, 2.75) is 289 Å². The van der Waals surface area contributed by atoms with Gasteiger partial charge in [-0.1, -0.05) is 177 Å². The van der Waals surface area contributed by atoms with Crippen LogP contribution in [0.2, 0.25) is 0 Å². The van der Waals surface area contributed by atoms with Crippen molar-refractivity contribution in [2.75, 3.05) is 32.7 Å². The minimum Gasteiger partial charge on any atom is -0.347 e. The largest absolute Gasteiger partial charge is 0.347 e. The molecule has 0 bridgehead atoms. The highest BCUT2D eigenvalue weighted by Crippen LogP contribution is 2.66. The minimum absolute atomic E-state index is 0.000245. The summed E-state index contributed by atoms with van der Waals surface area (Å²) >= 11 is 0. The second kappa shape index (κ2) is 31.4. The van der Waals surface area contributed by atoms with Crippen LogP contribution in [0.4, 0.5) is 9.59 Å². The van der Waals surface area contributed by atoms with Crippen molar-refractivity contribution in [2.24, 2.45) is 67.0 Å². The van der Waals surface area contributed by atoms with Gasteiger partial charge in [0.05, 0.1) is 24.2 Å². The van der Waals surface area contributed by atoms with Crippen molar-refractivity contribution >= 4 is 82.7 Å². The van der Waals surface area contributed by atoms with Gasteiger partial charge in [-0.25, -0.2) is 9.59 Å². The van der Waals surface area contributed by atoms with Crippen molar-refractivity contribution in [1.29, 1.82) is 0 Å². The summed E-state index contributed by atoms with van der Waals surface area (Å²) in [7, 11) is 0. The SMILES string of the molecule is C=CCNC(=O)C(=O)C(CCC)NC(=O)[C@@H]1[C@@H]2[C@H](CN1C(=O)[C@@H](NC(=O)N[C@H](CN1C(=O)CC(C)(C)CC1=O)C(C)(C)C)C1(C)CCCCC1)C2(C)C.CCC[C@H](NC(=O)[C@@H]1[C@@H]2[C@H](CN1C(=O)[C@@H](NC(=O)N[C@H](CN1C(=O)CC(C)(C)CC1=O)C(C)(C)C)C(C)(C)C)C2(C)C)C(=O)C(=O)NC1CC1. The van der Waals surface area contributed by atoms with E-state index in [0.717, 1.165) is 32.1 Å². The van der Waals surface area contributed by atoms with E-state index in [4.69, 9.17) is 0 Å². The summed E-state index contributed by atoms with van der Waals surface area (Å²) in [6.07, 6.45) is 9.90. The van der Waals surface area contributed by atoms with E-state index in [1.165, 1.54) is 20.8 Å². The summed E-state index contributed by atoms with van der Waals surface area (Å²) in [5, 5.41) is 22.7. The standard InChI is InChI=1S/C40H64N6O7.C37H60N6O7/c1-11-16-25(31(49)34(51)41-19-12-2)42-33(50)30-29-24(39(29,8)9)22-46(30)35(52)32(40(10)17-14-13-15-18-40)44-36(53)43-26(37(3,4)5)23-45-27(47)20-38(6,7)21-28(45)48;1-12-13-22(28(46)31(48)38-20-14-15-20)39-30(47)27-26-21(37(26,10)11)18-43(27)32(49)29(35(5,6)7)41-33(50)40-23(34(2,3)4)19-42-24(44)16-36(8,9)17-25(42)45/h12,24-26,29-30,32H,2,11,13-23H2,1,3-10H3,(H,41,51)(H,42,50)(H2,43,44,53);20-23,26-27,29H,12-19H2,1-11H3,(H,38,48)(H,39,47)(H2,40,41,50)/t24-,25?,26+,29-,30-,32+;21-,22-,23+,26-,27-,29+/m00/s1. The number of amides is 14. The number of urea groups is 2. The van der Waals surface area contributed by atoms with Gasteiger partial charge in [0.1, 0.15) is 24.2 Å². The lowest BCUT2D eigenvalue weighted by molar-refractivity contribution is -0.155. The quantitative estimate of drug-likeness (QED) is 0.0252. The molecule has 0 aromatic carbocycles. The average Bonchev–Trinajstić information content (AvgIpc) is 1.53. The Labute approximate surface area is 610 Å². The molecule has 14 amide bonds. The fourth-order valence-corrected chi connectivity index (χ4v) is 16.4. The van der Waals surface area contributed by atoms with E-state index in [1.54, 1.807) is 4.90 Å². The summed E-state index contributed by atoms with van der Waals surface area (Å²) < 4.78 is 0. The van der Waals surface area contributed by atoms with Gasteiger partial charge in [-0.05, 0) is 106 Å². The Morgan fingerprint density at radius 3 is 1.27 bits per heavy atom. The summed E-state index contributed by atoms with van der Waals surface area (Å²) in [5.74, 6) is -5.97. The molecule has 8 fully saturated rings. The van der Waals surface area contributed by atoms with E-state index in [0.29, 0.717) is 38.8 Å². The lowest BCUT2D eigenvalue weighted by Crippen LogP contribution is -2.64. The average molecular weight is 1440 g/mol. The number of likely N-dealkylation sites (tertiary alicyclic amines) is 4. The number of rotatable bonds is 26. The van der Waals surface area contributed by atoms with E-state index in [9.17, 15) is 67.1 Å². The number of fused-ring (bicyclic) bond motifs is 2. The number of carbonyl (C=O) groups excluding carboxylic acids is 14. The second-order valence-electron chi connectivity index (χ2n) is 37.3. The molecule has 0 aromatic rings. The molecule has 1 unspecified atom stereocenters. The number of piperidine rings is 4. The van der Waals surface area contributed by atoms with Crippen molar-refractivity contribution in [3.8, 4) is 0 Å². The maximum atomic E-state index is 14.9. The molecule has 0 aromatic heterocycles. The maximum absolute atomic E-state index is 14.9. The number of carbonyl (C=O) groups is 14. The molecular weight excluding hydrogens is 1320 g/mol. The fraction of sp³-hybridized carbons (Fsp3) is 0.792. The zero-order chi connectivity index (χ0) is 77.4. The highest BCUT2D eigenvalue weighted by molar-refractivity contribution is 6.39. The highest BCUT2D eigenvalue weighted by Gasteiger charge is 2.71. The summed E-state index contributed by atoms with van der Waals surface area (Å²) in [6, 6.07) is -8.25. The number of nitrogens with one attached hydrogen (secondary N) is 8. The van der Waals surface area contributed by atoms with Crippen LogP contribution in [0.3, 0.4) is 0 Å². The Morgan fingerprint density at radius 1 is 0.515 bits per heavy atom. The summed E-state index contributed by atoms with van der Waals surface area (Å²) in [6.45, 7) is 42.8. The van der Waals surface area contributed by atoms with Crippen LogP contribution in [0.25, 0.3) is 0 Å². The predicted octanol–water partition coefficient (Wildman–Crippen LogP) is 6.76. The molecule has 576 valence electrons.